The van der Waals surface area contributed by atoms with Crippen LogP contribution in [-0.2, 0) is 0 Å². The molecule has 0 bridgehead atoms. The molecule has 0 aliphatic carbocycles. The second kappa shape index (κ2) is 4.39. The van der Waals surface area contributed by atoms with Crippen molar-refractivity contribution in [3.05, 3.63) is 36.1 Å². The van der Waals surface area contributed by atoms with Crippen molar-refractivity contribution in [2.45, 2.75) is 6.92 Å². The van der Waals surface area contributed by atoms with Crippen LogP contribution >= 0.6 is 0 Å². The molecule has 0 spiro atoms. The first-order chi connectivity index (χ1) is 4.70. The van der Waals surface area contributed by atoms with E-state index in [2.05, 4.69) is 6.58 Å². The third-order valence-electron chi connectivity index (χ3n) is 0.829. The second-order valence-corrected chi connectivity index (χ2v) is 1.77. The Morgan fingerprint density at radius 2 is 2.30 bits per heavy atom. The monoisotopic (exact) mass is 135 g/mol. The zero-order valence-corrected chi connectivity index (χ0v) is 5.83. The highest BCUT2D eigenvalue weighted by Crippen LogP contribution is 1.96. The minimum atomic E-state index is 0.0500. The lowest BCUT2D eigenvalue weighted by molar-refractivity contribution is 0.432. The zero-order valence-electron chi connectivity index (χ0n) is 5.83. The van der Waals surface area contributed by atoms with Crippen LogP contribution in [0.5, 0.6) is 0 Å². The maximum atomic E-state index is 8.91. The molecular weight excluding hydrogens is 126 g/mol. The Morgan fingerprint density at radius 1 is 1.70 bits per heavy atom. The first-order valence-corrected chi connectivity index (χ1v) is 2.80. The van der Waals surface area contributed by atoms with Gasteiger partial charge in [0.05, 0.1) is 6.07 Å². The summed E-state index contributed by atoms with van der Waals surface area (Å²) in [5, 5.41) is 17.2. The molecule has 52 valence electrons. The second-order valence-electron chi connectivity index (χ2n) is 1.77. The summed E-state index contributed by atoms with van der Waals surface area (Å²) >= 11 is 0. The van der Waals surface area contributed by atoms with Crippen LogP contribution in [0.15, 0.2) is 36.1 Å². The van der Waals surface area contributed by atoms with Gasteiger partial charge in [-0.05, 0) is 19.1 Å². The molecule has 0 aliphatic heterocycles. The summed E-state index contributed by atoms with van der Waals surface area (Å²) in [6.07, 6.45) is 4.25. The van der Waals surface area contributed by atoms with Gasteiger partial charge in [-0.1, -0.05) is 12.7 Å². The Labute approximate surface area is 60.4 Å². The summed E-state index contributed by atoms with van der Waals surface area (Å²) in [7, 11) is 0. The van der Waals surface area contributed by atoms with E-state index < -0.39 is 0 Å². The number of nitrogens with zero attached hydrogens (tertiary/aromatic N) is 1. The van der Waals surface area contributed by atoms with E-state index in [0.717, 1.165) is 0 Å². The highest BCUT2D eigenvalue weighted by atomic mass is 16.3. The van der Waals surface area contributed by atoms with Gasteiger partial charge in [0.2, 0.25) is 0 Å². The summed E-state index contributed by atoms with van der Waals surface area (Å²) < 4.78 is 0. The Balaban J connectivity index is 4.29. The van der Waals surface area contributed by atoms with Crippen LogP contribution in [0, 0.1) is 11.3 Å². The van der Waals surface area contributed by atoms with E-state index in [1.165, 1.54) is 18.2 Å². The smallest absolute Gasteiger partial charge is 0.116 e. The maximum absolute atomic E-state index is 8.91. The highest BCUT2D eigenvalue weighted by molar-refractivity contribution is 5.27. The largest absolute Gasteiger partial charge is 0.508 e. The molecule has 0 aliphatic rings. The van der Waals surface area contributed by atoms with Crippen molar-refractivity contribution in [1.82, 2.24) is 0 Å². The van der Waals surface area contributed by atoms with Gasteiger partial charge < -0.3 is 5.11 Å². The molecular formula is C8H9NO. The van der Waals surface area contributed by atoms with E-state index in [4.69, 9.17) is 10.4 Å². The summed E-state index contributed by atoms with van der Waals surface area (Å²) in [5.41, 5.74) is 0.468. The summed E-state index contributed by atoms with van der Waals surface area (Å²) in [4.78, 5) is 0. The van der Waals surface area contributed by atoms with Crippen molar-refractivity contribution in [2.75, 3.05) is 0 Å². The van der Waals surface area contributed by atoms with Gasteiger partial charge in [0.1, 0.15) is 5.76 Å². The number of aliphatic hydroxyl groups excluding tert-OH is 1. The average molecular weight is 135 g/mol. The Kier molecular flexibility index (Phi) is 3.74. The molecule has 2 nitrogen and oxygen atoms in total. The van der Waals surface area contributed by atoms with Crippen LogP contribution in [0.25, 0.3) is 0 Å². The molecule has 0 aromatic rings. The SMILES string of the molecule is C=C/C=C(O)/C=C(/C)C#N. The van der Waals surface area contributed by atoms with Gasteiger partial charge in [-0.25, -0.2) is 0 Å². The van der Waals surface area contributed by atoms with E-state index in [0.29, 0.717) is 5.57 Å². The van der Waals surface area contributed by atoms with Crippen molar-refractivity contribution in [3.63, 3.8) is 0 Å². The quantitative estimate of drug-likeness (QED) is 0.358. The predicted octanol–water partition coefficient (Wildman–Crippen LogP) is 2.08. The lowest BCUT2D eigenvalue weighted by Crippen LogP contribution is -1.74. The molecule has 0 heterocycles. The number of rotatable bonds is 2. The Morgan fingerprint density at radius 3 is 2.70 bits per heavy atom. The molecule has 0 atom stereocenters. The fourth-order valence-electron chi connectivity index (χ4n) is 0.423. The van der Waals surface area contributed by atoms with Crippen LogP contribution < -0.4 is 0 Å². The summed E-state index contributed by atoms with van der Waals surface area (Å²) in [5.74, 6) is 0.0500. The zero-order chi connectivity index (χ0) is 7.98. The van der Waals surface area contributed by atoms with Gasteiger partial charge in [-0.2, -0.15) is 5.26 Å². The molecule has 2 heteroatoms. The summed E-state index contributed by atoms with van der Waals surface area (Å²) in [6, 6.07) is 1.88. The Bertz CT molecular complexity index is 218. The van der Waals surface area contributed by atoms with E-state index in [9.17, 15) is 0 Å². The van der Waals surface area contributed by atoms with Crippen molar-refractivity contribution in [2.24, 2.45) is 0 Å². The van der Waals surface area contributed by atoms with Gasteiger partial charge in [-0.3, -0.25) is 0 Å². The molecule has 0 aromatic heterocycles. The molecule has 0 rings (SSSR count). The van der Waals surface area contributed by atoms with E-state index in [1.54, 1.807) is 6.92 Å². The maximum Gasteiger partial charge on any atom is 0.116 e. The average Bonchev–Trinajstić information content (AvgIpc) is 1.88. The molecule has 0 saturated heterocycles. The van der Waals surface area contributed by atoms with Crippen LogP contribution in [0.2, 0.25) is 0 Å². The van der Waals surface area contributed by atoms with Crippen LogP contribution in [-0.4, -0.2) is 5.11 Å². The highest BCUT2D eigenvalue weighted by Gasteiger charge is 1.85. The predicted molar refractivity (Wildman–Crippen MR) is 40.3 cm³/mol. The number of nitriles is 1. The van der Waals surface area contributed by atoms with E-state index >= 15 is 0 Å². The third-order valence-corrected chi connectivity index (χ3v) is 0.829. The molecule has 1 N–H and O–H groups in total. The third kappa shape index (κ3) is 3.50. The van der Waals surface area contributed by atoms with Crippen LogP contribution in [0.4, 0.5) is 0 Å². The van der Waals surface area contributed by atoms with Crippen molar-refractivity contribution >= 4 is 0 Å². The minimum absolute atomic E-state index is 0.0500. The lowest BCUT2D eigenvalue weighted by atomic mass is 10.3. The molecule has 10 heavy (non-hydrogen) atoms. The van der Waals surface area contributed by atoms with Gasteiger partial charge in [0.15, 0.2) is 0 Å². The van der Waals surface area contributed by atoms with Crippen LogP contribution in [0.3, 0.4) is 0 Å². The topological polar surface area (TPSA) is 44.0 Å². The number of allylic oxidation sites excluding steroid dienone is 4. The molecule has 0 amide bonds. The van der Waals surface area contributed by atoms with Gasteiger partial charge >= 0.3 is 0 Å². The van der Waals surface area contributed by atoms with E-state index in [1.807, 2.05) is 6.07 Å². The summed E-state index contributed by atoms with van der Waals surface area (Å²) in [6.45, 7) is 5.00. The first-order valence-electron chi connectivity index (χ1n) is 2.80. The van der Waals surface area contributed by atoms with Crippen molar-refractivity contribution in [3.8, 4) is 6.07 Å². The van der Waals surface area contributed by atoms with Gasteiger partial charge in [0.25, 0.3) is 0 Å². The van der Waals surface area contributed by atoms with Gasteiger partial charge in [0, 0.05) is 5.57 Å². The fourth-order valence-corrected chi connectivity index (χ4v) is 0.423. The lowest BCUT2D eigenvalue weighted by Gasteiger charge is -1.86. The normalized spacial score (nSPS) is 12.4. The number of hydrogen-bond donors (Lipinski definition) is 1. The van der Waals surface area contributed by atoms with Gasteiger partial charge in [-0.15, -0.1) is 0 Å². The molecule has 0 saturated carbocycles. The van der Waals surface area contributed by atoms with Crippen molar-refractivity contribution in [1.29, 1.82) is 5.26 Å². The standard InChI is InChI=1S/C8H9NO/c1-3-4-8(10)5-7(2)6-9/h3-5,10H,1H2,2H3/b7-5-,8-4-. The number of hydrogen-bond acceptors (Lipinski definition) is 2. The molecule has 0 fully saturated rings. The first kappa shape index (κ1) is 8.51. The van der Waals surface area contributed by atoms with Crippen molar-refractivity contribution < 1.29 is 5.11 Å². The van der Waals surface area contributed by atoms with E-state index in [-0.39, 0.29) is 5.76 Å². The Hall–Kier alpha value is -1.49. The molecule has 0 unspecified atom stereocenters. The molecule has 0 aromatic carbocycles. The fraction of sp³-hybridized carbons (Fsp3) is 0.125. The van der Waals surface area contributed by atoms with Crippen LogP contribution in [0.1, 0.15) is 6.92 Å². The minimum Gasteiger partial charge on any atom is -0.508 e. The number of aliphatic hydroxyl groups is 1. The molecule has 0 radical (unpaired) electrons.